The van der Waals surface area contributed by atoms with Gasteiger partial charge < -0.3 is 34.1 Å². The van der Waals surface area contributed by atoms with Gasteiger partial charge in [-0.3, -0.25) is 4.79 Å². The molecule has 4 rings (SSSR count). The molecule has 0 bridgehead atoms. The summed E-state index contributed by atoms with van der Waals surface area (Å²) in [5.41, 5.74) is 3.73. The number of carbonyl (C=O) groups is 2. The van der Waals surface area contributed by atoms with Gasteiger partial charge in [0.2, 0.25) is 0 Å². The third kappa shape index (κ3) is 5.83. The summed E-state index contributed by atoms with van der Waals surface area (Å²) in [5, 5.41) is 13.8. The Morgan fingerprint density at radius 2 is 1.70 bits per heavy atom. The van der Waals surface area contributed by atoms with Gasteiger partial charge >= 0.3 is 5.97 Å². The summed E-state index contributed by atoms with van der Waals surface area (Å²) in [6, 6.07) is 9.02. The molecule has 0 fully saturated rings. The molecule has 0 saturated carbocycles. The molecule has 40 heavy (non-hydrogen) atoms. The van der Waals surface area contributed by atoms with E-state index in [0.29, 0.717) is 51.4 Å². The molecule has 1 heterocycles. The smallest absolute Gasteiger partial charge is 0.336 e. The van der Waals surface area contributed by atoms with Crippen LogP contribution in [0.25, 0.3) is 0 Å². The maximum atomic E-state index is 13.9. The zero-order chi connectivity index (χ0) is 29.0. The number of phenols is 1. The second kappa shape index (κ2) is 12.8. The van der Waals surface area contributed by atoms with E-state index in [1.165, 1.54) is 7.11 Å². The Balaban J connectivity index is 1.78. The van der Waals surface area contributed by atoms with E-state index in [1.54, 1.807) is 33.3 Å². The number of phenolic OH excluding ortho intramolecular Hbond substituents is 1. The van der Waals surface area contributed by atoms with Crippen molar-refractivity contribution in [3.05, 3.63) is 68.5 Å². The van der Waals surface area contributed by atoms with Crippen molar-refractivity contribution in [3.63, 3.8) is 0 Å². The number of carbonyl (C=O) groups excluding carboxylic acids is 2. The van der Waals surface area contributed by atoms with Gasteiger partial charge in [-0.1, -0.05) is 6.07 Å². The van der Waals surface area contributed by atoms with E-state index in [2.05, 4.69) is 21.2 Å². The molecule has 0 amide bonds. The first kappa shape index (κ1) is 29.5. The molecular weight excluding hydrogens is 582 g/mol. The van der Waals surface area contributed by atoms with E-state index < -0.39 is 11.9 Å². The van der Waals surface area contributed by atoms with Crippen LogP contribution in [-0.4, -0.2) is 58.0 Å². The van der Waals surface area contributed by atoms with Crippen LogP contribution in [0.4, 0.5) is 0 Å². The highest BCUT2D eigenvalue weighted by Gasteiger charge is 2.42. The minimum atomic E-state index is -0.722. The van der Waals surface area contributed by atoms with E-state index in [4.69, 9.17) is 23.7 Å². The van der Waals surface area contributed by atoms with Crippen LogP contribution in [0.5, 0.6) is 23.0 Å². The van der Waals surface area contributed by atoms with E-state index in [0.717, 1.165) is 11.3 Å². The molecule has 0 radical (unpaired) electrons. The van der Waals surface area contributed by atoms with Crippen molar-refractivity contribution in [3.8, 4) is 23.0 Å². The molecule has 2 N–H and O–H groups in total. The van der Waals surface area contributed by atoms with E-state index >= 15 is 0 Å². The summed E-state index contributed by atoms with van der Waals surface area (Å²) in [5.74, 6) is -0.0998. The summed E-state index contributed by atoms with van der Waals surface area (Å²) in [4.78, 5) is 27.3. The van der Waals surface area contributed by atoms with Crippen molar-refractivity contribution in [1.29, 1.82) is 0 Å². The molecule has 0 saturated heterocycles. The lowest BCUT2D eigenvalue weighted by atomic mass is 9.71. The van der Waals surface area contributed by atoms with Gasteiger partial charge in [0, 0.05) is 35.9 Å². The molecule has 214 valence electrons. The first-order valence-corrected chi connectivity index (χ1v) is 13.8. The molecule has 1 aliphatic carbocycles. The normalized spacial score (nSPS) is 18.7. The highest BCUT2D eigenvalue weighted by molar-refractivity contribution is 9.10. The summed E-state index contributed by atoms with van der Waals surface area (Å²) in [7, 11) is 4.60. The van der Waals surface area contributed by atoms with Crippen molar-refractivity contribution in [1.82, 2.24) is 5.32 Å². The van der Waals surface area contributed by atoms with Gasteiger partial charge in [-0.2, -0.15) is 0 Å². The molecule has 0 aromatic heterocycles. The molecule has 0 spiro atoms. The number of aromatic hydroxyl groups is 1. The van der Waals surface area contributed by atoms with Crippen molar-refractivity contribution in [2.75, 3.05) is 41.2 Å². The van der Waals surface area contributed by atoms with Crippen molar-refractivity contribution >= 4 is 27.7 Å². The first-order chi connectivity index (χ1) is 19.2. The fourth-order valence-electron chi connectivity index (χ4n) is 5.32. The number of hydrogen-bond acceptors (Lipinski definition) is 9. The largest absolute Gasteiger partial charge is 0.503 e. The molecule has 2 aromatic carbocycles. The predicted molar refractivity (Wildman–Crippen MR) is 152 cm³/mol. The highest BCUT2D eigenvalue weighted by atomic mass is 79.9. The van der Waals surface area contributed by atoms with E-state index in [-0.39, 0.29) is 42.8 Å². The van der Waals surface area contributed by atoms with Crippen LogP contribution < -0.4 is 19.5 Å². The van der Waals surface area contributed by atoms with Gasteiger partial charge in [0.15, 0.2) is 28.8 Å². The van der Waals surface area contributed by atoms with E-state index in [1.807, 2.05) is 25.1 Å². The molecule has 2 aromatic rings. The number of hydrogen-bond donors (Lipinski definition) is 2. The Hall–Kier alpha value is -3.50. The number of allylic oxidation sites excluding steroid dienone is 3. The molecule has 2 aliphatic rings. The van der Waals surface area contributed by atoms with E-state index in [9.17, 15) is 14.7 Å². The monoisotopic (exact) mass is 615 g/mol. The molecule has 2 atom stereocenters. The second-order valence-corrected chi connectivity index (χ2v) is 10.4. The topological polar surface area (TPSA) is 113 Å². The Labute approximate surface area is 242 Å². The molecule has 0 unspecified atom stereocenters. The third-order valence-electron chi connectivity index (χ3n) is 7.20. The summed E-state index contributed by atoms with van der Waals surface area (Å²) >= 11 is 3.39. The lowest BCUT2D eigenvalue weighted by Crippen LogP contribution is -2.36. The standard InChI is InChI=1S/C30H34BrNO8/c1-6-39-9-10-40-30(35)26-16(2)32-21-12-18(17-7-8-23(36-3)24(14-17)37-4)13-22(33)28(21)27(26)19-11-20(31)29(34)25(15-19)38-5/h7-8,11,14-15,18,27,32,34H,6,9-10,12-13H2,1-5H3/t18-,27-/m0/s1. The SMILES string of the molecule is CCOCCOC(=O)C1=C(C)NC2=C(C(=O)C[C@@H](c3ccc(OC)c(OC)c3)C2)[C@H]1c1cc(Br)c(O)c(OC)c1. The minimum absolute atomic E-state index is 0.0700. The van der Waals surface area contributed by atoms with Crippen LogP contribution >= 0.6 is 15.9 Å². The van der Waals surface area contributed by atoms with Crippen LogP contribution in [0.3, 0.4) is 0 Å². The van der Waals surface area contributed by atoms with Crippen LogP contribution in [0.2, 0.25) is 0 Å². The number of ether oxygens (including phenoxy) is 5. The molecule has 1 aliphatic heterocycles. The second-order valence-electron chi connectivity index (χ2n) is 9.52. The van der Waals surface area contributed by atoms with Crippen LogP contribution in [0.1, 0.15) is 49.7 Å². The zero-order valence-electron chi connectivity index (χ0n) is 23.3. The van der Waals surface area contributed by atoms with Gasteiger partial charge in [-0.05, 0) is 77.5 Å². The maximum Gasteiger partial charge on any atom is 0.336 e. The summed E-state index contributed by atoms with van der Waals surface area (Å²) < 4.78 is 27.5. The number of nitrogens with one attached hydrogen (secondary N) is 1. The lowest BCUT2D eigenvalue weighted by Gasteiger charge is -2.37. The lowest BCUT2D eigenvalue weighted by molar-refractivity contribution is -0.140. The van der Waals surface area contributed by atoms with Crippen LogP contribution in [0.15, 0.2) is 57.3 Å². The van der Waals surface area contributed by atoms with Crippen LogP contribution in [-0.2, 0) is 19.1 Å². The Morgan fingerprint density at radius 3 is 2.38 bits per heavy atom. The predicted octanol–water partition coefficient (Wildman–Crippen LogP) is 5.12. The molecular formula is C30H34BrNO8. The molecule has 9 nitrogen and oxygen atoms in total. The number of rotatable bonds is 10. The van der Waals surface area contributed by atoms with Crippen molar-refractivity contribution < 1.29 is 38.4 Å². The van der Waals surface area contributed by atoms with Crippen molar-refractivity contribution in [2.45, 2.75) is 38.5 Å². The minimum Gasteiger partial charge on any atom is -0.503 e. The van der Waals surface area contributed by atoms with Crippen LogP contribution in [0, 0.1) is 0 Å². The average molecular weight is 617 g/mol. The van der Waals surface area contributed by atoms with Gasteiger partial charge in [-0.25, -0.2) is 4.79 Å². The fraction of sp³-hybridized carbons (Fsp3) is 0.400. The number of ketones is 1. The fourth-order valence-corrected chi connectivity index (χ4v) is 5.78. The van der Waals surface area contributed by atoms with Gasteiger partial charge in [0.1, 0.15) is 6.61 Å². The number of dihydropyridines is 1. The Morgan fingerprint density at radius 1 is 1.00 bits per heavy atom. The Kier molecular flexibility index (Phi) is 9.42. The van der Waals surface area contributed by atoms with Crippen molar-refractivity contribution in [2.24, 2.45) is 0 Å². The summed E-state index contributed by atoms with van der Waals surface area (Å²) in [6.45, 7) is 4.53. The number of Topliss-reactive ketones (excluding diaryl/α,β-unsaturated/α-hetero) is 1. The van der Waals surface area contributed by atoms with Gasteiger partial charge in [0.05, 0.1) is 38.0 Å². The quantitative estimate of drug-likeness (QED) is 0.278. The number of benzene rings is 2. The average Bonchev–Trinajstić information content (AvgIpc) is 2.95. The number of methoxy groups -OCH3 is 3. The zero-order valence-corrected chi connectivity index (χ0v) is 24.8. The molecule has 10 heteroatoms. The maximum absolute atomic E-state index is 13.9. The Bertz CT molecular complexity index is 1370. The van der Waals surface area contributed by atoms with Gasteiger partial charge in [-0.15, -0.1) is 0 Å². The summed E-state index contributed by atoms with van der Waals surface area (Å²) in [6.07, 6.45) is 0.794. The third-order valence-corrected chi connectivity index (χ3v) is 7.80. The number of esters is 1. The van der Waals surface area contributed by atoms with Gasteiger partial charge in [0.25, 0.3) is 0 Å². The highest BCUT2D eigenvalue weighted by Crippen LogP contribution is 2.48. The first-order valence-electron chi connectivity index (χ1n) is 13.0. The number of halogens is 1.